The van der Waals surface area contributed by atoms with Crippen molar-refractivity contribution in [3.63, 3.8) is 0 Å². The molecule has 1 N–H and O–H groups in total. The summed E-state index contributed by atoms with van der Waals surface area (Å²) in [6, 6.07) is 12.8. The van der Waals surface area contributed by atoms with Gasteiger partial charge in [-0.05, 0) is 18.2 Å². The molecular formula is C21H15F2N3O3S. The van der Waals surface area contributed by atoms with Crippen LogP contribution >= 0.6 is 0 Å². The van der Waals surface area contributed by atoms with Crippen LogP contribution in [-0.2, 0) is 11.4 Å². The van der Waals surface area contributed by atoms with Gasteiger partial charge in [-0.15, -0.1) is 0 Å². The fourth-order valence-electron chi connectivity index (χ4n) is 3.43. The zero-order valence-corrected chi connectivity index (χ0v) is 16.3. The number of para-hydroxylation sites is 1. The second kappa shape index (κ2) is 7.26. The zero-order chi connectivity index (χ0) is 20.8. The molecule has 4 aromatic rings. The third kappa shape index (κ3) is 3.25. The number of halogens is 2. The number of amides is 1. The molecule has 1 aliphatic heterocycles. The Balaban J connectivity index is 1.41. The Kier molecular flexibility index (Phi) is 4.56. The molecule has 1 unspecified atom stereocenters. The number of aromatic nitrogens is 1. The van der Waals surface area contributed by atoms with Gasteiger partial charge < -0.3 is 13.9 Å². The van der Waals surface area contributed by atoms with Crippen LogP contribution < -0.4 is 9.62 Å². The van der Waals surface area contributed by atoms with Crippen LogP contribution in [0.3, 0.4) is 0 Å². The summed E-state index contributed by atoms with van der Waals surface area (Å²) >= 11 is -1.87. The number of benzene rings is 2. The van der Waals surface area contributed by atoms with Crippen LogP contribution in [0.1, 0.15) is 10.6 Å². The quantitative estimate of drug-likeness (QED) is 0.502. The highest BCUT2D eigenvalue weighted by molar-refractivity contribution is 7.90. The summed E-state index contributed by atoms with van der Waals surface area (Å²) in [5.41, 5.74) is 1.30. The summed E-state index contributed by atoms with van der Waals surface area (Å²) in [6.45, 7) is 0.385. The van der Waals surface area contributed by atoms with Crippen LogP contribution in [-0.4, -0.2) is 34.7 Å². The van der Waals surface area contributed by atoms with Crippen molar-refractivity contribution in [2.45, 2.75) is 11.1 Å². The Hall–Kier alpha value is -3.17. The fraction of sp³-hybridized carbons (Fsp3) is 0.143. The molecule has 0 saturated carbocycles. The molecule has 30 heavy (non-hydrogen) atoms. The van der Waals surface area contributed by atoms with Crippen molar-refractivity contribution < 1.29 is 22.5 Å². The SMILES string of the molecule is O=C(N[S+]([O-])c1ccnc2ccccc12)c1cc2c(F)cc(N3CC(F)C3)cc2o1. The van der Waals surface area contributed by atoms with Crippen molar-refractivity contribution in [3.05, 3.63) is 66.3 Å². The van der Waals surface area contributed by atoms with Gasteiger partial charge in [0.15, 0.2) is 10.7 Å². The third-order valence-electron chi connectivity index (χ3n) is 4.99. The lowest BCUT2D eigenvalue weighted by Gasteiger charge is -2.36. The van der Waals surface area contributed by atoms with Crippen molar-refractivity contribution >= 4 is 44.8 Å². The zero-order valence-electron chi connectivity index (χ0n) is 15.5. The van der Waals surface area contributed by atoms with E-state index < -0.39 is 29.3 Å². The predicted octanol–water partition coefficient (Wildman–Crippen LogP) is 3.73. The van der Waals surface area contributed by atoms with Crippen LogP contribution in [0.5, 0.6) is 0 Å². The number of hydrogen-bond acceptors (Lipinski definition) is 5. The van der Waals surface area contributed by atoms with E-state index in [0.717, 1.165) is 0 Å². The highest BCUT2D eigenvalue weighted by Gasteiger charge is 2.28. The largest absolute Gasteiger partial charge is 0.588 e. The Morgan fingerprint density at radius 3 is 2.80 bits per heavy atom. The van der Waals surface area contributed by atoms with E-state index in [4.69, 9.17) is 4.42 Å². The molecule has 9 heteroatoms. The fourth-order valence-corrected chi connectivity index (χ4v) is 4.37. The number of carbonyl (C=O) groups is 1. The molecule has 0 radical (unpaired) electrons. The number of alkyl halides is 1. The average molecular weight is 427 g/mol. The minimum atomic E-state index is -1.87. The first-order valence-electron chi connectivity index (χ1n) is 9.18. The van der Waals surface area contributed by atoms with Crippen LogP contribution in [0.2, 0.25) is 0 Å². The van der Waals surface area contributed by atoms with E-state index in [9.17, 15) is 18.1 Å². The molecule has 1 atom stereocenters. The molecule has 1 fully saturated rings. The smallest absolute Gasteiger partial charge is 0.328 e. The second-order valence-electron chi connectivity index (χ2n) is 6.98. The first-order valence-corrected chi connectivity index (χ1v) is 10.3. The lowest BCUT2D eigenvalue weighted by molar-refractivity contribution is 0.0956. The average Bonchev–Trinajstić information content (AvgIpc) is 3.16. The van der Waals surface area contributed by atoms with Gasteiger partial charge in [0.1, 0.15) is 28.9 Å². The lowest BCUT2D eigenvalue weighted by Crippen LogP contribution is -2.48. The van der Waals surface area contributed by atoms with Gasteiger partial charge in [-0.3, -0.25) is 9.78 Å². The van der Waals surface area contributed by atoms with Crippen molar-refractivity contribution in [2.75, 3.05) is 18.0 Å². The van der Waals surface area contributed by atoms with Crippen molar-refractivity contribution in [3.8, 4) is 0 Å². The van der Waals surface area contributed by atoms with E-state index in [0.29, 0.717) is 21.5 Å². The monoisotopic (exact) mass is 427 g/mol. The summed E-state index contributed by atoms with van der Waals surface area (Å²) in [6.07, 6.45) is 0.582. The highest BCUT2D eigenvalue weighted by atomic mass is 32.2. The Labute approximate surface area is 172 Å². The minimum absolute atomic E-state index is 0.126. The van der Waals surface area contributed by atoms with E-state index in [1.807, 2.05) is 6.07 Å². The van der Waals surface area contributed by atoms with Gasteiger partial charge in [0.05, 0.1) is 29.4 Å². The third-order valence-corrected chi connectivity index (χ3v) is 6.12. The molecule has 2 aromatic carbocycles. The van der Waals surface area contributed by atoms with Gasteiger partial charge >= 0.3 is 5.91 Å². The van der Waals surface area contributed by atoms with E-state index >= 15 is 0 Å². The number of anilines is 1. The van der Waals surface area contributed by atoms with Gasteiger partial charge in [0.2, 0.25) is 0 Å². The van der Waals surface area contributed by atoms with E-state index in [1.165, 1.54) is 18.3 Å². The van der Waals surface area contributed by atoms with Crippen molar-refractivity contribution in [1.82, 2.24) is 9.71 Å². The molecule has 152 valence electrons. The van der Waals surface area contributed by atoms with Gasteiger partial charge in [-0.2, -0.15) is 4.72 Å². The van der Waals surface area contributed by atoms with Crippen LogP contribution in [0.25, 0.3) is 21.9 Å². The van der Waals surface area contributed by atoms with E-state index in [-0.39, 0.29) is 29.8 Å². The maximum absolute atomic E-state index is 14.5. The summed E-state index contributed by atoms with van der Waals surface area (Å²) in [7, 11) is 0. The number of pyridine rings is 1. The molecule has 0 aliphatic carbocycles. The Morgan fingerprint density at radius 2 is 2.00 bits per heavy atom. The highest BCUT2D eigenvalue weighted by Crippen LogP contribution is 2.31. The molecule has 3 heterocycles. The molecule has 2 aromatic heterocycles. The molecular weight excluding hydrogens is 412 g/mol. The summed E-state index contributed by atoms with van der Waals surface area (Å²) < 4.78 is 48.2. The molecule has 0 bridgehead atoms. The number of carbonyl (C=O) groups excluding carboxylic acids is 1. The van der Waals surface area contributed by atoms with Crippen LogP contribution in [0, 0.1) is 5.82 Å². The topological polar surface area (TPSA) is 81.4 Å². The van der Waals surface area contributed by atoms with Crippen molar-refractivity contribution in [1.29, 1.82) is 0 Å². The molecule has 1 aliphatic rings. The first kappa shape index (κ1) is 18.8. The summed E-state index contributed by atoms with van der Waals surface area (Å²) in [4.78, 5) is 18.9. The molecule has 1 saturated heterocycles. The molecule has 5 rings (SSSR count). The van der Waals surface area contributed by atoms with Gasteiger partial charge in [0, 0.05) is 30.1 Å². The van der Waals surface area contributed by atoms with Gasteiger partial charge in [-0.25, -0.2) is 8.78 Å². The van der Waals surface area contributed by atoms with Gasteiger partial charge in [-0.1, -0.05) is 12.1 Å². The first-order chi connectivity index (χ1) is 14.5. The minimum Gasteiger partial charge on any atom is -0.588 e. The normalized spacial score (nSPS) is 15.4. The Bertz CT molecular complexity index is 1270. The van der Waals surface area contributed by atoms with Gasteiger partial charge in [0.25, 0.3) is 0 Å². The number of nitrogens with one attached hydrogen (secondary N) is 1. The molecule has 0 spiro atoms. The number of furan rings is 1. The number of fused-ring (bicyclic) bond motifs is 2. The molecule has 6 nitrogen and oxygen atoms in total. The van der Waals surface area contributed by atoms with Crippen molar-refractivity contribution in [2.24, 2.45) is 0 Å². The molecule has 1 amide bonds. The lowest BCUT2D eigenvalue weighted by atomic mass is 10.1. The summed E-state index contributed by atoms with van der Waals surface area (Å²) in [5.74, 6) is -1.48. The number of hydrogen-bond donors (Lipinski definition) is 1. The standard InChI is InChI=1S/C21H15F2N3O3S/c22-12-10-26(11-12)13-7-16(23)15-9-19(29-18(15)8-13)21(27)25-30(28)20-5-6-24-17-4-2-1-3-14(17)20/h1-9,12H,10-11H2,(H,25,27). The maximum atomic E-state index is 14.5. The maximum Gasteiger partial charge on any atom is 0.328 e. The predicted molar refractivity (Wildman–Crippen MR) is 109 cm³/mol. The Morgan fingerprint density at radius 1 is 1.20 bits per heavy atom. The second-order valence-corrected chi connectivity index (χ2v) is 8.16. The number of rotatable bonds is 4. The van der Waals surface area contributed by atoms with Crippen LogP contribution in [0.4, 0.5) is 14.5 Å². The van der Waals surface area contributed by atoms with E-state index in [2.05, 4.69) is 9.71 Å². The van der Waals surface area contributed by atoms with Crippen LogP contribution in [0.15, 0.2) is 64.0 Å². The number of nitrogens with zero attached hydrogens (tertiary/aromatic N) is 2. The van der Waals surface area contributed by atoms with E-state index in [1.54, 1.807) is 35.2 Å². The summed E-state index contributed by atoms with van der Waals surface area (Å²) in [5, 5.41) is 0.779.